The first-order chi connectivity index (χ1) is 10.8. The molecule has 2 aromatic heterocycles. The quantitative estimate of drug-likeness (QED) is 0.887. The molecule has 8 heteroatoms. The van der Waals surface area contributed by atoms with Gasteiger partial charge in [0, 0.05) is 26.3 Å². The van der Waals surface area contributed by atoms with Gasteiger partial charge in [-0.05, 0) is 26.3 Å². The highest BCUT2D eigenvalue weighted by Crippen LogP contribution is 2.17. The Morgan fingerprint density at radius 3 is 2.43 bits per heavy atom. The fourth-order valence-electron chi connectivity index (χ4n) is 2.34. The standard InChI is InChI=1S/C15H20N6O2/c1-9-7-17-21(8-9)11(3)10(2)18-13-12(6-16)14(22)20(5)15(23)19(13)4/h7-8,10-11,18H,1-5H3/t10-,11+/m0/s1. The summed E-state index contributed by atoms with van der Waals surface area (Å²) in [6.07, 6.45) is 3.68. The van der Waals surface area contributed by atoms with Crippen molar-refractivity contribution in [3.05, 3.63) is 44.4 Å². The second-order valence-corrected chi connectivity index (χ2v) is 5.71. The second kappa shape index (κ2) is 6.12. The lowest BCUT2D eigenvalue weighted by Crippen LogP contribution is -2.41. The molecule has 8 nitrogen and oxygen atoms in total. The summed E-state index contributed by atoms with van der Waals surface area (Å²) in [5, 5.41) is 16.7. The summed E-state index contributed by atoms with van der Waals surface area (Å²) in [5.41, 5.74) is -0.118. The maximum absolute atomic E-state index is 12.1. The van der Waals surface area contributed by atoms with Crippen LogP contribution in [0.25, 0.3) is 0 Å². The molecule has 122 valence electrons. The fourth-order valence-corrected chi connectivity index (χ4v) is 2.34. The van der Waals surface area contributed by atoms with Gasteiger partial charge < -0.3 is 5.32 Å². The van der Waals surface area contributed by atoms with Crippen LogP contribution < -0.4 is 16.6 Å². The number of nitrogens with zero attached hydrogens (tertiary/aromatic N) is 5. The molecule has 0 fully saturated rings. The van der Waals surface area contributed by atoms with Crippen molar-refractivity contribution >= 4 is 5.82 Å². The Kier molecular flexibility index (Phi) is 4.40. The van der Waals surface area contributed by atoms with Gasteiger partial charge in [0.2, 0.25) is 0 Å². The molecule has 0 aliphatic rings. The van der Waals surface area contributed by atoms with Gasteiger partial charge in [0.25, 0.3) is 5.56 Å². The molecule has 0 spiro atoms. The molecular formula is C15H20N6O2. The second-order valence-electron chi connectivity index (χ2n) is 5.71. The van der Waals surface area contributed by atoms with Gasteiger partial charge in [-0.3, -0.25) is 18.6 Å². The molecule has 0 saturated carbocycles. The van der Waals surface area contributed by atoms with Gasteiger partial charge in [-0.1, -0.05) is 0 Å². The van der Waals surface area contributed by atoms with Gasteiger partial charge >= 0.3 is 5.69 Å². The first kappa shape index (κ1) is 16.5. The molecule has 0 aliphatic carbocycles. The van der Waals surface area contributed by atoms with Gasteiger partial charge in [0.05, 0.1) is 12.2 Å². The smallest absolute Gasteiger partial charge is 0.332 e. The zero-order chi connectivity index (χ0) is 17.3. The summed E-state index contributed by atoms with van der Waals surface area (Å²) in [7, 11) is 2.88. The van der Waals surface area contributed by atoms with E-state index in [-0.39, 0.29) is 23.5 Å². The number of anilines is 1. The Balaban J connectivity index is 2.42. The molecule has 2 rings (SSSR count). The fraction of sp³-hybridized carbons (Fsp3) is 0.467. The molecule has 0 aromatic carbocycles. The van der Waals surface area contributed by atoms with E-state index in [0.717, 1.165) is 10.1 Å². The molecule has 23 heavy (non-hydrogen) atoms. The van der Waals surface area contributed by atoms with Crippen molar-refractivity contribution in [1.29, 1.82) is 5.26 Å². The van der Waals surface area contributed by atoms with Gasteiger partial charge in [0.1, 0.15) is 11.9 Å². The van der Waals surface area contributed by atoms with E-state index in [1.807, 2.05) is 33.0 Å². The van der Waals surface area contributed by atoms with E-state index in [1.165, 1.54) is 18.7 Å². The summed E-state index contributed by atoms with van der Waals surface area (Å²) in [5.74, 6) is 0.226. The van der Waals surface area contributed by atoms with Gasteiger partial charge in [0.15, 0.2) is 5.56 Å². The maximum atomic E-state index is 12.1. The van der Waals surface area contributed by atoms with Crippen molar-refractivity contribution in [2.75, 3.05) is 5.32 Å². The van der Waals surface area contributed by atoms with Crippen molar-refractivity contribution in [2.24, 2.45) is 14.1 Å². The number of aromatic nitrogens is 4. The predicted molar refractivity (Wildman–Crippen MR) is 86.4 cm³/mol. The summed E-state index contributed by atoms with van der Waals surface area (Å²) in [4.78, 5) is 24.1. The first-order valence-electron chi connectivity index (χ1n) is 7.25. The molecular weight excluding hydrogens is 296 g/mol. The lowest BCUT2D eigenvalue weighted by atomic mass is 10.1. The highest BCUT2D eigenvalue weighted by atomic mass is 16.2. The van der Waals surface area contributed by atoms with E-state index < -0.39 is 11.2 Å². The number of hydrogen-bond acceptors (Lipinski definition) is 5. The molecule has 0 unspecified atom stereocenters. The largest absolute Gasteiger partial charge is 0.365 e. The van der Waals surface area contributed by atoms with Crippen molar-refractivity contribution in [2.45, 2.75) is 32.9 Å². The van der Waals surface area contributed by atoms with Gasteiger partial charge in [-0.25, -0.2) is 4.79 Å². The summed E-state index contributed by atoms with van der Waals surface area (Å²) < 4.78 is 4.00. The van der Waals surface area contributed by atoms with Crippen LogP contribution in [0.2, 0.25) is 0 Å². The normalized spacial score (nSPS) is 13.4. The van der Waals surface area contributed by atoms with Crippen LogP contribution in [0.4, 0.5) is 5.82 Å². The van der Waals surface area contributed by atoms with Crippen LogP contribution in [0, 0.1) is 18.3 Å². The predicted octanol–water partition coefficient (Wildman–Crippen LogP) is 0.522. The zero-order valence-electron chi connectivity index (χ0n) is 13.9. The number of nitriles is 1. The van der Waals surface area contributed by atoms with E-state index in [2.05, 4.69) is 10.4 Å². The van der Waals surface area contributed by atoms with E-state index >= 15 is 0 Å². The zero-order valence-corrected chi connectivity index (χ0v) is 13.9. The van der Waals surface area contributed by atoms with E-state index in [9.17, 15) is 14.9 Å². The molecule has 0 bridgehead atoms. The Hall–Kier alpha value is -2.82. The number of rotatable bonds is 4. The average Bonchev–Trinajstić information content (AvgIpc) is 2.96. The number of hydrogen-bond donors (Lipinski definition) is 1. The van der Waals surface area contributed by atoms with E-state index in [4.69, 9.17) is 0 Å². The Morgan fingerprint density at radius 1 is 1.26 bits per heavy atom. The molecule has 2 heterocycles. The molecule has 2 aromatic rings. The van der Waals surface area contributed by atoms with Crippen LogP contribution >= 0.6 is 0 Å². The Labute approximate surface area is 133 Å². The third-order valence-electron chi connectivity index (χ3n) is 4.01. The van der Waals surface area contributed by atoms with Crippen LogP contribution in [0.1, 0.15) is 31.0 Å². The minimum atomic E-state index is -0.604. The minimum absolute atomic E-state index is 0.0330. The van der Waals surface area contributed by atoms with Crippen LogP contribution in [0.5, 0.6) is 0 Å². The maximum Gasteiger partial charge on any atom is 0.332 e. The minimum Gasteiger partial charge on any atom is -0.365 e. The summed E-state index contributed by atoms with van der Waals surface area (Å²) in [6.45, 7) is 5.83. The van der Waals surface area contributed by atoms with Crippen molar-refractivity contribution in [1.82, 2.24) is 18.9 Å². The van der Waals surface area contributed by atoms with E-state index in [0.29, 0.717) is 0 Å². The van der Waals surface area contributed by atoms with Gasteiger partial charge in [-0.15, -0.1) is 0 Å². The molecule has 1 N–H and O–H groups in total. The third kappa shape index (κ3) is 2.90. The molecule has 2 atom stereocenters. The highest BCUT2D eigenvalue weighted by molar-refractivity contribution is 5.51. The van der Waals surface area contributed by atoms with Crippen LogP contribution in [0.3, 0.4) is 0 Å². The monoisotopic (exact) mass is 316 g/mol. The SMILES string of the molecule is Cc1cnn([C@H](C)[C@H](C)Nc2c(C#N)c(=O)n(C)c(=O)n2C)c1. The highest BCUT2D eigenvalue weighted by Gasteiger charge is 2.20. The molecule has 0 aliphatic heterocycles. The molecule has 0 saturated heterocycles. The van der Waals surface area contributed by atoms with Crippen LogP contribution in [0.15, 0.2) is 22.0 Å². The van der Waals surface area contributed by atoms with Crippen LogP contribution in [-0.4, -0.2) is 25.0 Å². The lowest BCUT2D eigenvalue weighted by molar-refractivity contribution is 0.441. The van der Waals surface area contributed by atoms with Crippen molar-refractivity contribution in [3.63, 3.8) is 0 Å². The molecule has 0 amide bonds. The Morgan fingerprint density at radius 2 is 1.91 bits per heavy atom. The van der Waals surface area contributed by atoms with Gasteiger partial charge in [-0.2, -0.15) is 10.4 Å². The van der Waals surface area contributed by atoms with E-state index in [1.54, 1.807) is 10.9 Å². The van der Waals surface area contributed by atoms with Crippen molar-refractivity contribution in [3.8, 4) is 6.07 Å². The molecule has 0 radical (unpaired) electrons. The number of aryl methyl sites for hydroxylation is 1. The summed E-state index contributed by atoms with van der Waals surface area (Å²) >= 11 is 0. The summed E-state index contributed by atoms with van der Waals surface area (Å²) in [6, 6.07) is 1.70. The average molecular weight is 316 g/mol. The lowest BCUT2D eigenvalue weighted by Gasteiger charge is -2.24. The third-order valence-corrected chi connectivity index (χ3v) is 4.01. The topological polar surface area (TPSA) is 97.6 Å². The van der Waals surface area contributed by atoms with Crippen molar-refractivity contribution < 1.29 is 0 Å². The van der Waals surface area contributed by atoms with Crippen LogP contribution in [-0.2, 0) is 14.1 Å². The number of nitrogens with one attached hydrogen (secondary N) is 1. The Bertz CT molecular complexity index is 883. The first-order valence-corrected chi connectivity index (χ1v) is 7.25.